The molecular weight excluding hydrogens is 227 g/mol. The summed E-state index contributed by atoms with van der Waals surface area (Å²) in [6, 6.07) is 5.26. The van der Waals surface area contributed by atoms with Crippen LogP contribution >= 0.6 is 0 Å². The monoisotopic (exact) mass is 245 g/mol. The van der Waals surface area contributed by atoms with E-state index in [-0.39, 0.29) is 17.9 Å². The molecule has 0 aliphatic carbocycles. The predicted molar refractivity (Wildman–Crippen MR) is 62.7 cm³/mol. The zero-order valence-corrected chi connectivity index (χ0v) is 10.3. The van der Waals surface area contributed by atoms with Gasteiger partial charge < -0.3 is 5.73 Å². The van der Waals surface area contributed by atoms with Gasteiger partial charge in [0, 0.05) is 6.04 Å². The summed E-state index contributed by atoms with van der Waals surface area (Å²) in [5.74, 6) is 0.150. The summed E-state index contributed by atoms with van der Waals surface area (Å²) >= 11 is 0. The first kappa shape index (κ1) is 14.0. The molecule has 17 heavy (non-hydrogen) atoms. The Hall–Kier alpha value is -1.03. The third-order valence-electron chi connectivity index (χ3n) is 3.09. The second kappa shape index (κ2) is 5.08. The standard InChI is InChI=1S/C13H18F3N/c1-8(2)12(17)9(3)10-5-4-6-11(7-10)13(14,15)16/h4-9,12H,17H2,1-3H3. The third kappa shape index (κ3) is 3.46. The maximum Gasteiger partial charge on any atom is 0.416 e. The van der Waals surface area contributed by atoms with Crippen LogP contribution in [0.3, 0.4) is 0 Å². The van der Waals surface area contributed by atoms with Crippen LogP contribution < -0.4 is 5.73 Å². The molecule has 1 rings (SSSR count). The van der Waals surface area contributed by atoms with Crippen molar-refractivity contribution in [2.24, 2.45) is 11.7 Å². The van der Waals surface area contributed by atoms with E-state index in [0.29, 0.717) is 5.56 Å². The van der Waals surface area contributed by atoms with Gasteiger partial charge >= 0.3 is 6.18 Å². The van der Waals surface area contributed by atoms with Gasteiger partial charge in [-0.2, -0.15) is 13.2 Å². The lowest BCUT2D eigenvalue weighted by Crippen LogP contribution is -2.32. The van der Waals surface area contributed by atoms with E-state index in [4.69, 9.17) is 5.73 Å². The molecular formula is C13H18F3N. The molecule has 0 amide bonds. The minimum atomic E-state index is -4.29. The van der Waals surface area contributed by atoms with E-state index in [0.717, 1.165) is 6.07 Å². The SMILES string of the molecule is CC(C)C(N)C(C)c1cccc(C(F)(F)F)c1. The Balaban J connectivity index is 3.00. The first-order valence-corrected chi connectivity index (χ1v) is 5.66. The van der Waals surface area contributed by atoms with Crippen molar-refractivity contribution in [3.05, 3.63) is 35.4 Å². The first-order valence-electron chi connectivity index (χ1n) is 5.66. The van der Waals surface area contributed by atoms with E-state index < -0.39 is 11.7 Å². The molecule has 96 valence electrons. The fourth-order valence-electron chi connectivity index (χ4n) is 1.80. The first-order chi connectivity index (χ1) is 7.73. The molecule has 1 nitrogen and oxygen atoms in total. The summed E-state index contributed by atoms with van der Waals surface area (Å²) in [6.45, 7) is 5.80. The van der Waals surface area contributed by atoms with Crippen molar-refractivity contribution in [3.8, 4) is 0 Å². The third-order valence-corrected chi connectivity index (χ3v) is 3.09. The minimum absolute atomic E-state index is 0.0858. The van der Waals surface area contributed by atoms with Crippen LogP contribution in [0.2, 0.25) is 0 Å². The quantitative estimate of drug-likeness (QED) is 0.861. The molecule has 2 unspecified atom stereocenters. The molecule has 0 spiro atoms. The molecule has 0 aliphatic rings. The van der Waals surface area contributed by atoms with Gasteiger partial charge in [0.2, 0.25) is 0 Å². The van der Waals surface area contributed by atoms with Crippen molar-refractivity contribution in [2.45, 2.75) is 38.9 Å². The smallest absolute Gasteiger partial charge is 0.327 e. The van der Waals surface area contributed by atoms with Gasteiger partial charge in [-0.05, 0) is 23.5 Å². The van der Waals surface area contributed by atoms with Gasteiger partial charge in [0.05, 0.1) is 5.56 Å². The van der Waals surface area contributed by atoms with E-state index in [2.05, 4.69) is 0 Å². The number of hydrogen-bond donors (Lipinski definition) is 1. The van der Waals surface area contributed by atoms with Gasteiger partial charge in [-0.25, -0.2) is 0 Å². The lowest BCUT2D eigenvalue weighted by Gasteiger charge is -2.24. The van der Waals surface area contributed by atoms with Gasteiger partial charge in [-0.1, -0.05) is 39.0 Å². The molecule has 0 aromatic heterocycles. The summed E-state index contributed by atoms with van der Waals surface area (Å²) in [6.07, 6.45) is -4.29. The number of halogens is 3. The second-order valence-electron chi connectivity index (χ2n) is 4.73. The minimum Gasteiger partial charge on any atom is -0.327 e. The van der Waals surface area contributed by atoms with Gasteiger partial charge in [-0.3, -0.25) is 0 Å². The molecule has 1 aromatic rings. The molecule has 0 saturated carbocycles. The summed E-state index contributed by atoms with van der Waals surface area (Å²) in [4.78, 5) is 0. The molecule has 0 aliphatic heterocycles. The van der Waals surface area contributed by atoms with Crippen LogP contribution in [0.15, 0.2) is 24.3 Å². The van der Waals surface area contributed by atoms with Crippen LogP contribution in [0, 0.1) is 5.92 Å². The Morgan fingerprint density at radius 2 is 1.71 bits per heavy atom. The highest BCUT2D eigenvalue weighted by Gasteiger charge is 2.31. The lowest BCUT2D eigenvalue weighted by atomic mass is 9.86. The van der Waals surface area contributed by atoms with Crippen molar-refractivity contribution < 1.29 is 13.2 Å². The lowest BCUT2D eigenvalue weighted by molar-refractivity contribution is -0.137. The summed E-state index contributed by atoms with van der Waals surface area (Å²) < 4.78 is 37.7. The van der Waals surface area contributed by atoms with Crippen LogP contribution in [-0.4, -0.2) is 6.04 Å². The van der Waals surface area contributed by atoms with Crippen molar-refractivity contribution in [1.29, 1.82) is 0 Å². The average molecular weight is 245 g/mol. The van der Waals surface area contributed by atoms with Gasteiger partial charge in [0.25, 0.3) is 0 Å². The molecule has 0 fully saturated rings. The van der Waals surface area contributed by atoms with Gasteiger partial charge in [0.1, 0.15) is 0 Å². The summed E-state index contributed by atoms with van der Waals surface area (Å²) in [7, 11) is 0. The maximum absolute atomic E-state index is 12.6. The Morgan fingerprint density at radius 1 is 1.12 bits per heavy atom. The van der Waals surface area contributed by atoms with Crippen LogP contribution in [0.1, 0.15) is 37.8 Å². The topological polar surface area (TPSA) is 26.0 Å². The number of alkyl halides is 3. The summed E-state index contributed by atoms with van der Waals surface area (Å²) in [5.41, 5.74) is 6.00. The average Bonchev–Trinajstić information content (AvgIpc) is 2.26. The summed E-state index contributed by atoms with van der Waals surface area (Å²) in [5, 5.41) is 0. The van der Waals surface area contributed by atoms with E-state index in [9.17, 15) is 13.2 Å². The molecule has 0 radical (unpaired) electrons. The zero-order chi connectivity index (χ0) is 13.2. The maximum atomic E-state index is 12.6. The number of benzene rings is 1. The number of nitrogens with two attached hydrogens (primary N) is 1. The van der Waals surface area contributed by atoms with Crippen molar-refractivity contribution >= 4 is 0 Å². The Morgan fingerprint density at radius 3 is 2.18 bits per heavy atom. The van der Waals surface area contributed by atoms with E-state index in [1.807, 2.05) is 20.8 Å². The van der Waals surface area contributed by atoms with Crippen LogP contribution in [-0.2, 0) is 6.18 Å². The molecule has 0 saturated heterocycles. The second-order valence-corrected chi connectivity index (χ2v) is 4.73. The van der Waals surface area contributed by atoms with Crippen molar-refractivity contribution in [3.63, 3.8) is 0 Å². The molecule has 2 atom stereocenters. The van der Waals surface area contributed by atoms with Crippen LogP contribution in [0.5, 0.6) is 0 Å². The zero-order valence-electron chi connectivity index (χ0n) is 10.3. The van der Waals surface area contributed by atoms with Crippen molar-refractivity contribution in [2.75, 3.05) is 0 Å². The fourth-order valence-corrected chi connectivity index (χ4v) is 1.80. The van der Waals surface area contributed by atoms with E-state index in [1.54, 1.807) is 6.07 Å². The van der Waals surface area contributed by atoms with Crippen molar-refractivity contribution in [1.82, 2.24) is 0 Å². The largest absolute Gasteiger partial charge is 0.416 e. The van der Waals surface area contributed by atoms with Crippen LogP contribution in [0.4, 0.5) is 13.2 Å². The Bertz CT molecular complexity index is 371. The number of hydrogen-bond acceptors (Lipinski definition) is 1. The fraction of sp³-hybridized carbons (Fsp3) is 0.538. The highest BCUT2D eigenvalue weighted by Crippen LogP contribution is 2.32. The molecule has 2 N–H and O–H groups in total. The van der Waals surface area contributed by atoms with E-state index in [1.165, 1.54) is 12.1 Å². The molecule has 1 aromatic carbocycles. The van der Waals surface area contributed by atoms with E-state index >= 15 is 0 Å². The predicted octanol–water partition coefficient (Wildman–Crippen LogP) is 3.79. The number of rotatable bonds is 3. The Kier molecular flexibility index (Phi) is 4.20. The Labute approximate surface area is 99.8 Å². The van der Waals surface area contributed by atoms with Gasteiger partial charge in [-0.15, -0.1) is 0 Å². The molecule has 4 heteroatoms. The highest BCUT2D eigenvalue weighted by molar-refractivity contribution is 5.28. The normalized spacial score (nSPS) is 16.0. The van der Waals surface area contributed by atoms with Gasteiger partial charge in [0.15, 0.2) is 0 Å². The molecule has 0 bridgehead atoms. The molecule has 0 heterocycles. The van der Waals surface area contributed by atoms with Crippen LogP contribution in [0.25, 0.3) is 0 Å². The highest BCUT2D eigenvalue weighted by atomic mass is 19.4.